The van der Waals surface area contributed by atoms with Crippen LogP contribution >= 0.6 is 0 Å². The summed E-state index contributed by atoms with van der Waals surface area (Å²) in [4.78, 5) is 0. The maximum atomic E-state index is 10.6. The van der Waals surface area contributed by atoms with Crippen LogP contribution in [0.4, 0.5) is 23.5 Å². The Morgan fingerprint density at radius 1 is 0.688 bits per heavy atom. The number of hydrogen-bond acceptors (Lipinski definition) is 5. The molecule has 0 fully saturated rings. The van der Waals surface area contributed by atoms with Gasteiger partial charge in [0.25, 0.3) is 20.2 Å². The first-order valence-corrected chi connectivity index (χ1v) is 6.15. The Labute approximate surface area is 90.3 Å². The summed E-state index contributed by atoms with van der Waals surface area (Å²) >= 11 is 0. The van der Waals surface area contributed by atoms with Gasteiger partial charge in [-0.1, -0.05) is 0 Å². The Morgan fingerprint density at radius 3 is 1.00 bits per heavy atom. The van der Waals surface area contributed by atoms with Crippen molar-refractivity contribution in [2.75, 3.05) is 11.5 Å². The summed E-state index contributed by atoms with van der Waals surface area (Å²) in [5.41, 5.74) is 0. The molecule has 12 heteroatoms. The number of halogens is 5. The van der Waals surface area contributed by atoms with Crippen molar-refractivity contribution < 1.29 is 44.0 Å². The molecular weight excluding hydrogens is 287 g/mol. The van der Waals surface area contributed by atoms with Crippen LogP contribution in [-0.2, 0) is 23.9 Å². The average molecular weight is 302 g/mol. The topological polar surface area (TPSA) is 77.5 Å². The fourth-order valence-electron chi connectivity index (χ4n) is 0.254. The average Bonchev–Trinajstić information content (AvgIpc) is 1.86. The van der Waals surface area contributed by atoms with Gasteiger partial charge in [-0.2, -0.15) is 16.8 Å². The van der Waals surface area contributed by atoms with E-state index in [0.717, 1.165) is 0 Å². The van der Waals surface area contributed by atoms with E-state index in [9.17, 15) is 16.8 Å². The van der Waals surface area contributed by atoms with Crippen LogP contribution in [0.2, 0.25) is 0 Å². The van der Waals surface area contributed by atoms with Crippen molar-refractivity contribution in [1.82, 2.24) is 0 Å². The molecule has 0 rings (SSSR count). The zero-order valence-corrected chi connectivity index (χ0v) is 9.95. The summed E-state index contributed by atoms with van der Waals surface area (Å²) in [6, 6.07) is 0. The second kappa shape index (κ2) is 12.6. The van der Waals surface area contributed by atoms with Crippen LogP contribution in [0, 0.1) is 0 Å². The lowest BCUT2D eigenvalue weighted by Gasteiger charge is -2.00. The second-order valence-electron chi connectivity index (χ2n) is 1.76. The number of hydrogen-bond donors (Lipinski definition) is 0. The van der Waals surface area contributed by atoms with Crippen LogP contribution < -0.4 is 0 Å². The molecule has 0 atom stereocenters. The minimum Gasteiger partial charge on any atom is -0.269 e. The predicted molar refractivity (Wildman–Crippen MR) is 52.5 cm³/mol. The summed E-state index contributed by atoms with van der Waals surface area (Å²) in [6.07, 6.45) is 0. The first kappa shape index (κ1) is 36.1. The van der Waals surface area contributed by atoms with Gasteiger partial charge in [0.2, 0.25) is 0 Å². The van der Waals surface area contributed by atoms with Crippen LogP contribution in [0.1, 0.15) is 13.8 Å². The predicted octanol–water partition coefficient (Wildman–Crippen LogP) is 0.465. The lowest BCUT2D eigenvalue weighted by atomic mass is 11.0. The van der Waals surface area contributed by atoms with E-state index in [2.05, 4.69) is 3.63 Å². The Hall–Kier alpha value is -0.490. The molecule has 0 heterocycles. The van der Waals surface area contributed by atoms with E-state index < -0.39 is 20.2 Å². The highest BCUT2D eigenvalue weighted by Crippen LogP contribution is 2.00. The number of rotatable bonds is 4. The third-order valence-corrected chi connectivity index (χ3v) is 3.99. The van der Waals surface area contributed by atoms with Crippen molar-refractivity contribution in [3.8, 4) is 0 Å². The molecule has 0 aliphatic carbocycles. The van der Waals surface area contributed by atoms with E-state index in [1.807, 2.05) is 0 Å². The van der Waals surface area contributed by atoms with E-state index in [0.29, 0.717) is 0 Å². The van der Waals surface area contributed by atoms with Gasteiger partial charge in [-0.3, -0.25) is 23.5 Å². The monoisotopic (exact) mass is 302 g/mol. The molecule has 5 nitrogen and oxygen atoms in total. The highest BCUT2D eigenvalue weighted by molar-refractivity contribution is 7.99. The van der Waals surface area contributed by atoms with Crippen molar-refractivity contribution in [3.05, 3.63) is 0 Å². The molecule has 0 aliphatic heterocycles. The molecule has 0 aromatic rings. The summed E-state index contributed by atoms with van der Waals surface area (Å²) in [6.45, 7) is 2.61. The Bertz CT molecular complexity index is 280. The molecule has 0 aromatic carbocycles. The highest BCUT2D eigenvalue weighted by Gasteiger charge is 2.18. The molecule has 0 aromatic heterocycles. The standard InChI is InChI=1S/C4H10O5S2.5FH/c1-3-10(5,6)9-11(7,8)4-2;;;;;/h3-4H2,1-2H3;5*1H. The van der Waals surface area contributed by atoms with Crippen LogP contribution in [0.25, 0.3) is 0 Å². The van der Waals surface area contributed by atoms with Crippen molar-refractivity contribution in [2.45, 2.75) is 13.8 Å². The van der Waals surface area contributed by atoms with Crippen LogP contribution in [-0.4, -0.2) is 28.3 Å². The van der Waals surface area contributed by atoms with Gasteiger partial charge in [0.15, 0.2) is 0 Å². The molecule has 0 N–H and O–H groups in total. The fraction of sp³-hybridized carbons (Fsp3) is 1.00. The molecule has 0 spiro atoms. The highest BCUT2D eigenvalue weighted by atomic mass is 32.3. The second-order valence-corrected chi connectivity index (χ2v) is 5.69. The van der Waals surface area contributed by atoms with E-state index >= 15 is 0 Å². The zero-order valence-electron chi connectivity index (χ0n) is 8.31. The maximum Gasteiger partial charge on any atom is 0.281 e. The van der Waals surface area contributed by atoms with E-state index in [-0.39, 0.29) is 35.0 Å². The SMILES string of the molecule is CCS(=O)(=O)OS(=O)(=O)CC.F.F.F.F.F. The Kier molecular flexibility index (Phi) is 28.4. The third-order valence-electron chi connectivity index (χ3n) is 0.914. The Morgan fingerprint density at radius 2 is 0.875 bits per heavy atom. The maximum absolute atomic E-state index is 10.6. The zero-order chi connectivity index (χ0) is 9.12. The molecule has 0 amide bonds. The minimum atomic E-state index is -3.88. The summed E-state index contributed by atoms with van der Waals surface area (Å²) in [7, 11) is -7.75. The summed E-state index contributed by atoms with van der Waals surface area (Å²) in [5.74, 6) is -0.682. The summed E-state index contributed by atoms with van der Waals surface area (Å²) in [5, 5.41) is 0. The smallest absolute Gasteiger partial charge is 0.269 e. The molecule has 0 radical (unpaired) electrons. The summed E-state index contributed by atoms with van der Waals surface area (Å²) < 4.78 is 46.2. The van der Waals surface area contributed by atoms with Gasteiger partial charge < -0.3 is 0 Å². The van der Waals surface area contributed by atoms with Crippen molar-refractivity contribution >= 4 is 20.2 Å². The largest absolute Gasteiger partial charge is 0.281 e. The van der Waals surface area contributed by atoms with Gasteiger partial charge in [-0.05, 0) is 13.8 Å². The van der Waals surface area contributed by atoms with Gasteiger partial charge in [-0.25, -0.2) is 0 Å². The van der Waals surface area contributed by atoms with E-state index in [1.54, 1.807) is 0 Å². The first-order chi connectivity index (χ1) is 4.83. The lowest BCUT2D eigenvalue weighted by Crippen LogP contribution is -2.16. The first-order valence-electron chi connectivity index (χ1n) is 2.99. The molecule has 108 valence electrons. The van der Waals surface area contributed by atoms with Crippen molar-refractivity contribution in [1.29, 1.82) is 0 Å². The molecule has 16 heavy (non-hydrogen) atoms. The van der Waals surface area contributed by atoms with Crippen LogP contribution in [0.15, 0.2) is 0 Å². The lowest BCUT2D eigenvalue weighted by molar-refractivity contribution is 0.463. The molecule has 0 bridgehead atoms. The van der Waals surface area contributed by atoms with Gasteiger partial charge in [0.05, 0.1) is 11.5 Å². The minimum absolute atomic E-state index is 0. The van der Waals surface area contributed by atoms with Gasteiger partial charge >= 0.3 is 0 Å². The van der Waals surface area contributed by atoms with Crippen molar-refractivity contribution in [3.63, 3.8) is 0 Å². The van der Waals surface area contributed by atoms with Gasteiger partial charge in [0.1, 0.15) is 0 Å². The van der Waals surface area contributed by atoms with E-state index in [1.165, 1.54) is 13.8 Å². The van der Waals surface area contributed by atoms with Crippen LogP contribution in [0.3, 0.4) is 0 Å². The van der Waals surface area contributed by atoms with E-state index in [4.69, 9.17) is 0 Å². The normalized spacial score (nSPS) is 9.12. The Balaban J connectivity index is -0.0000000500. The van der Waals surface area contributed by atoms with Gasteiger partial charge in [-0.15, -0.1) is 3.63 Å². The molecule has 0 saturated heterocycles. The third kappa shape index (κ3) is 16.0. The van der Waals surface area contributed by atoms with Crippen LogP contribution in [0.5, 0.6) is 0 Å². The van der Waals surface area contributed by atoms with Crippen molar-refractivity contribution in [2.24, 2.45) is 0 Å². The molecule has 0 aliphatic rings. The molecule has 0 saturated carbocycles. The quantitative estimate of drug-likeness (QED) is 0.705. The van der Waals surface area contributed by atoms with Gasteiger partial charge in [0, 0.05) is 0 Å². The molecule has 0 unspecified atom stereocenters. The fourth-order valence-corrected chi connectivity index (χ4v) is 2.29. The molecular formula is C4H15F5O5S2.